The van der Waals surface area contributed by atoms with Gasteiger partial charge in [-0.25, -0.2) is 19.9 Å². The van der Waals surface area contributed by atoms with E-state index >= 15 is 0 Å². The van der Waals surface area contributed by atoms with Crippen LogP contribution in [0.4, 0.5) is 0 Å². The van der Waals surface area contributed by atoms with Crippen molar-refractivity contribution in [2.24, 2.45) is 0 Å². The third-order valence-corrected chi connectivity index (χ3v) is 4.19. The van der Waals surface area contributed by atoms with Gasteiger partial charge < -0.3 is 5.32 Å². The van der Waals surface area contributed by atoms with Crippen molar-refractivity contribution in [3.63, 3.8) is 0 Å². The molecule has 0 spiro atoms. The van der Waals surface area contributed by atoms with Crippen LogP contribution < -0.4 is 5.32 Å². The van der Waals surface area contributed by atoms with Crippen LogP contribution in [0.1, 0.15) is 25.0 Å². The number of aromatic nitrogens is 5. The average Bonchev–Trinajstić information content (AvgIpc) is 3.23. The predicted molar refractivity (Wildman–Crippen MR) is 83.4 cm³/mol. The quantitative estimate of drug-likeness (QED) is 0.795. The minimum atomic E-state index is 0.637. The minimum Gasteiger partial charge on any atom is -0.314 e. The van der Waals surface area contributed by atoms with Gasteiger partial charge >= 0.3 is 0 Å². The number of nitrogens with one attached hydrogen (secondary N) is 1. The number of nitrogens with zero attached hydrogens (tertiary/aromatic N) is 5. The second-order valence-corrected chi connectivity index (χ2v) is 5.66. The normalized spacial score (nSPS) is 18.1. The van der Waals surface area contributed by atoms with Crippen LogP contribution >= 0.6 is 0 Å². The highest BCUT2D eigenvalue weighted by Crippen LogP contribution is 2.19. The molecule has 0 saturated carbocycles. The van der Waals surface area contributed by atoms with Gasteiger partial charge in [0.15, 0.2) is 0 Å². The zero-order chi connectivity index (χ0) is 14.8. The van der Waals surface area contributed by atoms with E-state index in [1.165, 1.54) is 12.8 Å². The zero-order valence-corrected chi connectivity index (χ0v) is 12.3. The first kappa shape index (κ1) is 13.3. The summed E-state index contributed by atoms with van der Waals surface area (Å²) in [6.07, 6.45) is 11.8. The van der Waals surface area contributed by atoms with E-state index < -0.39 is 0 Å². The second kappa shape index (κ2) is 5.81. The van der Waals surface area contributed by atoms with Gasteiger partial charge in [-0.1, -0.05) is 0 Å². The molecule has 4 rings (SSSR count). The fourth-order valence-corrected chi connectivity index (χ4v) is 3.02. The average molecular weight is 294 g/mol. The Hall–Kier alpha value is -2.34. The summed E-state index contributed by atoms with van der Waals surface area (Å²) in [4.78, 5) is 17.4. The Morgan fingerprint density at radius 2 is 2.23 bits per heavy atom. The molecule has 1 aliphatic heterocycles. The molecule has 0 radical (unpaired) electrons. The van der Waals surface area contributed by atoms with Gasteiger partial charge in [0.25, 0.3) is 0 Å². The van der Waals surface area contributed by atoms with E-state index in [4.69, 9.17) is 0 Å². The molecule has 1 atom stereocenters. The number of fused-ring (bicyclic) bond motifs is 1. The molecule has 3 aromatic rings. The van der Waals surface area contributed by atoms with Crippen molar-refractivity contribution in [2.45, 2.75) is 31.7 Å². The Kier molecular flexibility index (Phi) is 3.52. The summed E-state index contributed by atoms with van der Waals surface area (Å²) in [5, 5.41) is 3.53. The van der Waals surface area contributed by atoms with E-state index in [0.717, 1.165) is 36.5 Å². The molecule has 1 aliphatic rings. The fraction of sp³-hybridized carbons (Fsp3) is 0.375. The Bertz CT molecular complexity index is 775. The highest BCUT2D eigenvalue weighted by atomic mass is 15.1. The Labute approximate surface area is 128 Å². The fourth-order valence-electron chi connectivity index (χ4n) is 3.02. The van der Waals surface area contributed by atoms with Gasteiger partial charge in [0.2, 0.25) is 5.78 Å². The Balaban J connectivity index is 1.58. The number of imidazole rings is 1. The lowest BCUT2D eigenvalue weighted by Gasteiger charge is -2.09. The van der Waals surface area contributed by atoms with E-state index in [1.807, 2.05) is 22.9 Å². The number of hydrogen-bond donors (Lipinski definition) is 1. The molecule has 22 heavy (non-hydrogen) atoms. The second-order valence-electron chi connectivity index (χ2n) is 5.66. The minimum absolute atomic E-state index is 0.637. The van der Waals surface area contributed by atoms with E-state index in [1.54, 1.807) is 12.5 Å². The molecule has 112 valence electrons. The summed E-state index contributed by atoms with van der Waals surface area (Å²) in [6, 6.07) is 4.59. The van der Waals surface area contributed by atoms with Gasteiger partial charge in [-0.3, -0.25) is 4.40 Å². The van der Waals surface area contributed by atoms with Crippen LogP contribution in [0.2, 0.25) is 0 Å². The van der Waals surface area contributed by atoms with Crippen molar-refractivity contribution in [1.29, 1.82) is 0 Å². The van der Waals surface area contributed by atoms with Crippen molar-refractivity contribution in [3.8, 4) is 11.4 Å². The SMILES string of the molecule is c1cnc2ncc(-c3cc(CCC4CCCN4)ncn3)n2c1. The van der Waals surface area contributed by atoms with Crippen molar-refractivity contribution in [1.82, 2.24) is 29.7 Å². The summed E-state index contributed by atoms with van der Waals surface area (Å²) in [7, 11) is 0. The van der Waals surface area contributed by atoms with Crippen molar-refractivity contribution >= 4 is 5.78 Å². The van der Waals surface area contributed by atoms with E-state index in [9.17, 15) is 0 Å². The summed E-state index contributed by atoms with van der Waals surface area (Å²) < 4.78 is 1.95. The first-order valence-corrected chi connectivity index (χ1v) is 7.73. The molecule has 0 bridgehead atoms. The number of aryl methyl sites for hydroxylation is 1. The molecule has 1 saturated heterocycles. The molecule has 0 aliphatic carbocycles. The van der Waals surface area contributed by atoms with E-state index in [-0.39, 0.29) is 0 Å². The number of rotatable bonds is 4. The summed E-state index contributed by atoms with van der Waals surface area (Å²) in [5.74, 6) is 0.688. The highest BCUT2D eigenvalue weighted by Gasteiger charge is 2.14. The van der Waals surface area contributed by atoms with Crippen LogP contribution in [0.25, 0.3) is 17.2 Å². The lowest BCUT2D eigenvalue weighted by Crippen LogP contribution is -2.21. The maximum absolute atomic E-state index is 4.41. The molecule has 3 aromatic heterocycles. The monoisotopic (exact) mass is 294 g/mol. The highest BCUT2D eigenvalue weighted by molar-refractivity contribution is 5.58. The maximum Gasteiger partial charge on any atom is 0.234 e. The van der Waals surface area contributed by atoms with Crippen LogP contribution in [0.5, 0.6) is 0 Å². The molecule has 1 fully saturated rings. The third kappa shape index (κ3) is 2.57. The Morgan fingerprint density at radius 3 is 3.14 bits per heavy atom. The molecule has 6 nitrogen and oxygen atoms in total. The molecule has 0 amide bonds. The van der Waals surface area contributed by atoms with Crippen LogP contribution in [-0.4, -0.2) is 36.9 Å². The van der Waals surface area contributed by atoms with E-state index in [0.29, 0.717) is 11.8 Å². The van der Waals surface area contributed by atoms with Gasteiger partial charge in [0.1, 0.15) is 6.33 Å². The van der Waals surface area contributed by atoms with Crippen LogP contribution in [-0.2, 0) is 6.42 Å². The van der Waals surface area contributed by atoms with E-state index in [2.05, 4.69) is 31.3 Å². The maximum atomic E-state index is 4.41. The zero-order valence-electron chi connectivity index (χ0n) is 12.3. The standard InChI is InChI=1S/C16H18N6/c1-3-12(17-6-1)4-5-13-9-14(21-11-20-13)15-10-19-16-18-7-2-8-22(15)16/h2,7-12,17H,1,3-6H2. The van der Waals surface area contributed by atoms with Gasteiger partial charge in [-0.2, -0.15) is 0 Å². The molecule has 6 heteroatoms. The smallest absolute Gasteiger partial charge is 0.234 e. The van der Waals surface area contributed by atoms with Crippen LogP contribution in [0, 0.1) is 0 Å². The van der Waals surface area contributed by atoms with Crippen molar-refractivity contribution < 1.29 is 0 Å². The molecule has 1 unspecified atom stereocenters. The van der Waals surface area contributed by atoms with Crippen LogP contribution in [0.15, 0.2) is 37.1 Å². The predicted octanol–water partition coefficient (Wildman–Crippen LogP) is 1.87. The van der Waals surface area contributed by atoms with Gasteiger partial charge in [0, 0.05) is 24.1 Å². The third-order valence-electron chi connectivity index (χ3n) is 4.19. The van der Waals surface area contributed by atoms with Gasteiger partial charge in [-0.15, -0.1) is 0 Å². The van der Waals surface area contributed by atoms with Crippen molar-refractivity contribution in [3.05, 3.63) is 42.7 Å². The first-order valence-electron chi connectivity index (χ1n) is 7.73. The van der Waals surface area contributed by atoms with Gasteiger partial charge in [0.05, 0.1) is 17.6 Å². The number of hydrogen-bond acceptors (Lipinski definition) is 5. The molecule has 1 N–H and O–H groups in total. The Morgan fingerprint density at radius 1 is 1.23 bits per heavy atom. The molecule has 4 heterocycles. The summed E-state index contributed by atoms with van der Waals surface area (Å²) >= 11 is 0. The molecule has 0 aromatic carbocycles. The largest absolute Gasteiger partial charge is 0.314 e. The molecular weight excluding hydrogens is 276 g/mol. The lowest BCUT2D eigenvalue weighted by molar-refractivity contribution is 0.555. The first-order chi connectivity index (χ1) is 10.9. The lowest BCUT2D eigenvalue weighted by atomic mass is 10.1. The van der Waals surface area contributed by atoms with Gasteiger partial charge in [-0.05, 0) is 44.4 Å². The topological polar surface area (TPSA) is 68.0 Å². The summed E-state index contributed by atoms with van der Waals surface area (Å²) in [5.41, 5.74) is 2.92. The van der Waals surface area contributed by atoms with Crippen molar-refractivity contribution in [2.75, 3.05) is 6.54 Å². The van der Waals surface area contributed by atoms with Crippen LogP contribution in [0.3, 0.4) is 0 Å². The summed E-state index contributed by atoms with van der Waals surface area (Å²) in [6.45, 7) is 1.15. The molecular formula is C16H18N6.